The number of rotatable bonds is 4. The standard InChI is InChI=1S/C37H31N/c1-3-10-27(11-4-1)28-19-22-31(23-20-28)38(30-12-5-2-6-13-30)35-17-9-15-33-32-14-7-8-16-34(32)37(36(33)35)25-26-18-21-29(37)24-26/h1-17,19-20,22-23,26,29H,18,21,24-25H2. The van der Waals surface area contributed by atoms with Crippen molar-refractivity contribution >= 4 is 17.1 Å². The molecule has 1 heteroatoms. The first-order valence-electron chi connectivity index (χ1n) is 14.1. The van der Waals surface area contributed by atoms with Gasteiger partial charge in [-0.3, -0.25) is 0 Å². The summed E-state index contributed by atoms with van der Waals surface area (Å²) in [5, 5.41) is 0. The molecule has 5 aromatic rings. The van der Waals surface area contributed by atoms with Crippen molar-refractivity contribution in [2.75, 3.05) is 4.90 Å². The first-order chi connectivity index (χ1) is 18.8. The third-order valence-corrected chi connectivity index (χ3v) is 9.52. The molecule has 2 bridgehead atoms. The maximum atomic E-state index is 2.51. The van der Waals surface area contributed by atoms with E-state index in [0.717, 1.165) is 11.8 Å². The molecule has 2 fully saturated rings. The van der Waals surface area contributed by atoms with Crippen LogP contribution in [0.25, 0.3) is 22.3 Å². The summed E-state index contributed by atoms with van der Waals surface area (Å²) in [5.74, 6) is 1.58. The summed E-state index contributed by atoms with van der Waals surface area (Å²) < 4.78 is 0. The molecule has 1 spiro atoms. The van der Waals surface area contributed by atoms with Gasteiger partial charge in [0.25, 0.3) is 0 Å². The summed E-state index contributed by atoms with van der Waals surface area (Å²) >= 11 is 0. The Labute approximate surface area is 225 Å². The van der Waals surface area contributed by atoms with Gasteiger partial charge in [-0.25, -0.2) is 0 Å². The zero-order valence-corrected chi connectivity index (χ0v) is 21.6. The SMILES string of the molecule is c1ccc(-c2ccc(N(c3ccccc3)c3cccc4c3C3(CC5CCC3C5)c3ccccc3-4)cc2)cc1. The number of anilines is 3. The second-order valence-electron chi connectivity index (χ2n) is 11.4. The number of para-hydroxylation sites is 1. The predicted octanol–water partition coefficient (Wildman–Crippen LogP) is 9.91. The van der Waals surface area contributed by atoms with Crippen LogP contribution >= 0.6 is 0 Å². The molecule has 1 nitrogen and oxygen atoms in total. The highest BCUT2D eigenvalue weighted by molar-refractivity contribution is 5.91. The summed E-state index contributed by atoms with van der Waals surface area (Å²) in [6.07, 6.45) is 5.41. The average Bonchev–Trinajstić information content (AvgIpc) is 3.68. The average molecular weight is 490 g/mol. The second kappa shape index (κ2) is 8.46. The second-order valence-corrected chi connectivity index (χ2v) is 11.4. The zero-order chi connectivity index (χ0) is 25.1. The van der Waals surface area contributed by atoms with Crippen molar-refractivity contribution < 1.29 is 0 Å². The number of benzene rings is 5. The van der Waals surface area contributed by atoms with Crippen LogP contribution in [0.3, 0.4) is 0 Å². The molecule has 38 heavy (non-hydrogen) atoms. The zero-order valence-electron chi connectivity index (χ0n) is 21.6. The molecule has 5 aromatic carbocycles. The third kappa shape index (κ3) is 3.11. The van der Waals surface area contributed by atoms with Crippen LogP contribution in [-0.2, 0) is 5.41 Å². The molecule has 3 unspecified atom stereocenters. The molecule has 0 amide bonds. The van der Waals surface area contributed by atoms with E-state index in [2.05, 4.69) is 132 Å². The van der Waals surface area contributed by atoms with Gasteiger partial charge in [0, 0.05) is 16.8 Å². The Morgan fingerprint density at radius 3 is 1.95 bits per heavy atom. The summed E-state index contributed by atoms with van der Waals surface area (Å²) in [7, 11) is 0. The van der Waals surface area contributed by atoms with E-state index in [-0.39, 0.29) is 5.41 Å². The van der Waals surface area contributed by atoms with Gasteiger partial charge in [0.2, 0.25) is 0 Å². The van der Waals surface area contributed by atoms with Gasteiger partial charge in [-0.1, -0.05) is 103 Å². The lowest BCUT2D eigenvalue weighted by atomic mass is 9.66. The van der Waals surface area contributed by atoms with Crippen molar-refractivity contribution in [2.45, 2.75) is 31.1 Å². The Morgan fingerprint density at radius 1 is 0.553 bits per heavy atom. The monoisotopic (exact) mass is 489 g/mol. The van der Waals surface area contributed by atoms with E-state index in [9.17, 15) is 0 Å². The molecule has 3 atom stereocenters. The number of hydrogen-bond donors (Lipinski definition) is 0. The molecular formula is C37H31N. The highest BCUT2D eigenvalue weighted by atomic mass is 15.1. The predicted molar refractivity (Wildman–Crippen MR) is 158 cm³/mol. The minimum absolute atomic E-state index is 0.127. The smallest absolute Gasteiger partial charge is 0.0509 e. The Balaban J connectivity index is 1.34. The minimum atomic E-state index is 0.127. The van der Waals surface area contributed by atoms with Crippen LogP contribution in [0.5, 0.6) is 0 Å². The van der Waals surface area contributed by atoms with Crippen molar-refractivity contribution in [3.8, 4) is 22.3 Å². The molecule has 0 N–H and O–H groups in total. The van der Waals surface area contributed by atoms with E-state index < -0.39 is 0 Å². The van der Waals surface area contributed by atoms with E-state index >= 15 is 0 Å². The molecule has 0 aliphatic heterocycles. The van der Waals surface area contributed by atoms with Gasteiger partial charge in [0.1, 0.15) is 0 Å². The molecule has 184 valence electrons. The van der Waals surface area contributed by atoms with Crippen LogP contribution in [0.4, 0.5) is 17.1 Å². The quantitative estimate of drug-likeness (QED) is 0.243. The van der Waals surface area contributed by atoms with Crippen molar-refractivity contribution in [2.24, 2.45) is 11.8 Å². The largest absolute Gasteiger partial charge is 0.310 e. The van der Waals surface area contributed by atoms with Gasteiger partial charge in [-0.2, -0.15) is 0 Å². The van der Waals surface area contributed by atoms with Crippen LogP contribution in [0.2, 0.25) is 0 Å². The van der Waals surface area contributed by atoms with E-state index in [1.807, 2.05) is 0 Å². The van der Waals surface area contributed by atoms with E-state index in [1.54, 1.807) is 11.1 Å². The van der Waals surface area contributed by atoms with Gasteiger partial charge in [0.05, 0.1) is 5.69 Å². The molecule has 0 aromatic heterocycles. The fourth-order valence-electron chi connectivity index (χ4n) is 8.07. The van der Waals surface area contributed by atoms with Crippen LogP contribution in [-0.4, -0.2) is 0 Å². The topological polar surface area (TPSA) is 3.24 Å². The van der Waals surface area contributed by atoms with Gasteiger partial charge in [0.15, 0.2) is 0 Å². The Hall–Kier alpha value is -4.10. The summed E-state index contributed by atoms with van der Waals surface area (Å²) in [5.41, 5.74) is 12.4. The molecule has 2 saturated carbocycles. The summed E-state index contributed by atoms with van der Waals surface area (Å²) in [6, 6.07) is 47.0. The van der Waals surface area contributed by atoms with E-state index in [0.29, 0.717) is 0 Å². The molecule has 0 saturated heterocycles. The van der Waals surface area contributed by atoms with Gasteiger partial charge in [-0.15, -0.1) is 0 Å². The Morgan fingerprint density at radius 2 is 1.21 bits per heavy atom. The van der Waals surface area contributed by atoms with Crippen LogP contribution in [0.15, 0.2) is 127 Å². The third-order valence-electron chi connectivity index (χ3n) is 9.52. The first kappa shape index (κ1) is 21.9. The number of nitrogens with zero attached hydrogens (tertiary/aromatic N) is 1. The molecule has 0 heterocycles. The number of fused-ring (bicyclic) bond motifs is 8. The van der Waals surface area contributed by atoms with Gasteiger partial charge < -0.3 is 4.90 Å². The van der Waals surface area contributed by atoms with E-state index in [1.165, 1.54) is 65.0 Å². The fourth-order valence-corrected chi connectivity index (χ4v) is 8.07. The lowest BCUT2D eigenvalue weighted by Crippen LogP contribution is -2.33. The maximum Gasteiger partial charge on any atom is 0.0509 e. The lowest BCUT2D eigenvalue weighted by Gasteiger charge is -2.39. The van der Waals surface area contributed by atoms with Crippen LogP contribution in [0.1, 0.15) is 36.8 Å². The number of hydrogen-bond acceptors (Lipinski definition) is 1. The Bertz CT molecular complexity index is 1620. The fraction of sp³-hybridized carbons (Fsp3) is 0.189. The highest BCUT2D eigenvalue weighted by Crippen LogP contribution is 2.67. The first-order valence-corrected chi connectivity index (χ1v) is 14.1. The summed E-state index contributed by atoms with van der Waals surface area (Å²) in [6.45, 7) is 0. The van der Waals surface area contributed by atoms with E-state index in [4.69, 9.17) is 0 Å². The molecular weight excluding hydrogens is 458 g/mol. The Kier molecular flexibility index (Phi) is 4.88. The molecule has 8 rings (SSSR count). The highest BCUT2D eigenvalue weighted by Gasteiger charge is 2.57. The normalized spacial score (nSPS) is 22.4. The molecule has 0 radical (unpaired) electrons. The summed E-state index contributed by atoms with van der Waals surface area (Å²) in [4.78, 5) is 2.51. The molecule has 3 aliphatic carbocycles. The van der Waals surface area contributed by atoms with Crippen molar-refractivity contribution in [1.82, 2.24) is 0 Å². The molecule has 3 aliphatic rings. The van der Waals surface area contributed by atoms with Crippen molar-refractivity contribution in [1.29, 1.82) is 0 Å². The minimum Gasteiger partial charge on any atom is -0.310 e. The maximum absolute atomic E-state index is 2.51. The van der Waals surface area contributed by atoms with Gasteiger partial charge >= 0.3 is 0 Å². The van der Waals surface area contributed by atoms with Gasteiger partial charge in [-0.05, 0) is 94.8 Å². The van der Waals surface area contributed by atoms with Crippen LogP contribution in [0, 0.1) is 11.8 Å². The van der Waals surface area contributed by atoms with Crippen LogP contribution < -0.4 is 4.90 Å². The van der Waals surface area contributed by atoms with Crippen molar-refractivity contribution in [3.63, 3.8) is 0 Å². The van der Waals surface area contributed by atoms with Crippen molar-refractivity contribution in [3.05, 3.63) is 139 Å². The lowest BCUT2D eigenvalue weighted by molar-refractivity contribution is 0.327.